The molecule has 0 saturated carbocycles. The fraction of sp³-hybridized carbons (Fsp3) is 0.111. The van der Waals surface area contributed by atoms with Crippen LogP contribution in [0, 0.1) is 25.2 Å². The van der Waals surface area contributed by atoms with Crippen LogP contribution in [-0.2, 0) is 4.79 Å². The van der Waals surface area contributed by atoms with Crippen LogP contribution < -0.4 is 5.32 Å². The van der Waals surface area contributed by atoms with Crippen molar-refractivity contribution in [3.63, 3.8) is 0 Å². The molecular formula is C18H16N2O2. The van der Waals surface area contributed by atoms with Crippen molar-refractivity contribution < 1.29 is 9.90 Å². The average molecular weight is 292 g/mol. The molecule has 2 aromatic rings. The number of aromatic hydroxyl groups is 1. The predicted octanol–water partition coefficient (Wildman–Crippen LogP) is 3.55. The zero-order valence-corrected chi connectivity index (χ0v) is 12.4. The summed E-state index contributed by atoms with van der Waals surface area (Å²) in [5, 5.41) is 21.1. The van der Waals surface area contributed by atoms with Crippen molar-refractivity contribution in [3.05, 3.63) is 64.7 Å². The first-order chi connectivity index (χ1) is 10.5. The van der Waals surface area contributed by atoms with Gasteiger partial charge in [0, 0.05) is 5.69 Å². The number of hydrogen-bond donors (Lipinski definition) is 2. The minimum atomic E-state index is -0.459. The fourth-order valence-corrected chi connectivity index (χ4v) is 1.90. The first-order valence-corrected chi connectivity index (χ1v) is 6.79. The lowest BCUT2D eigenvalue weighted by molar-refractivity contribution is -0.112. The minimum absolute atomic E-state index is 0.00363. The van der Waals surface area contributed by atoms with Crippen molar-refractivity contribution in [2.75, 3.05) is 5.32 Å². The van der Waals surface area contributed by atoms with Crippen molar-refractivity contribution in [1.82, 2.24) is 0 Å². The number of phenols is 1. The molecule has 0 unspecified atom stereocenters. The van der Waals surface area contributed by atoms with E-state index >= 15 is 0 Å². The molecule has 4 heteroatoms. The van der Waals surface area contributed by atoms with E-state index in [1.54, 1.807) is 18.2 Å². The first-order valence-electron chi connectivity index (χ1n) is 6.79. The molecule has 0 aliphatic rings. The van der Waals surface area contributed by atoms with Crippen molar-refractivity contribution in [3.8, 4) is 11.8 Å². The minimum Gasteiger partial charge on any atom is -0.508 e. The highest BCUT2D eigenvalue weighted by Crippen LogP contribution is 2.16. The van der Waals surface area contributed by atoms with Gasteiger partial charge >= 0.3 is 0 Å². The van der Waals surface area contributed by atoms with Gasteiger partial charge < -0.3 is 10.4 Å². The van der Waals surface area contributed by atoms with E-state index in [0.29, 0.717) is 11.3 Å². The smallest absolute Gasteiger partial charge is 0.266 e. The van der Waals surface area contributed by atoms with Gasteiger partial charge in [0.05, 0.1) is 0 Å². The summed E-state index contributed by atoms with van der Waals surface area (Å²) in [6.07, 6.45) is 1.48. The SMILES string of the molecule is Cc1ccc(NC(=O)/C(C#N)=C/c2ccc(O)cc2)cc1C. The maximum Gasteiger partial charge on any atom is 0.266 e. The van der Waals surface area contributed by atoms with Gasteiger partial charge in [-0.25, -0.2) is 0 Å². The Bertz CT molecular complexity index is 769. The molecule has 0 aliphatic heterocycles. The highest BCUT2D eigenvalue weighted by atomic mass is 16.3. The van der Waals surface area contributed by atoms with Crippen molar-refractivity contribution in [2.24, 2.45) is 0 Å². The van der Waals surface area contributed by atoms with Crippen LogP contribution in [-0.4, -0.2) is 11.0 Å². The molecule has 2 N–H and O–H groups in total. The number of hydrogen-bond acceptors (Lipinski definition) is 3. The molecule has 0 aliphatic carbocycles. The van der Waals surface area contributed by atoms with E-state index in [9.17, 15) is 9.90 Å². The second-order valence-corrected chi connectivity index (χ2v) is 5.01. The van der Waals surface area contributed by atoms with Gasteiger partial charge in [0.1, 0.15) is 17.4 Å². The number of benzene rings is 2. The van der Waals surface area contributed by atoms with E-state index in [-0.39, 0.29) is 11.3 Å². The van der Waals surface area contributed by atoms with Crippen LogP contribution in [0.3, 0.4) is 0 Å². The summed E-state index contributed by atoms with van der Waals surface area (Å²) in [7, 11) is 0. The molecular weight excluding hydrogens is 276 g/mol. The van der Waals surface area contributed by atoms with E-state index in [1.165, 1.54) is 18.2 Å². The van der Waals surface area contributed by atoms with Gasteiger partial charge in [0.25, 0.3) is 5.91 Å². The average Bonchev–Trinajstić information content (AvgIpc) is 2.50. The lowest BCUT2D eigenvalue weighted by atomic mass is 10.1. The molecule has 0 saturated heterocycles. The largest absolute Gasteiger partial charge is 0.508 e. The second kappa shape index (κ2) is 6.59. The van der Waals surface area contributed by atoms with Gasteiger partial charge in [0.15, 0.2) is 0 Å². The van der Waals surface area contributed by atoms with E-state index in [2.05, 4.69) is 5.32 Å². The summed E-state index contributed by atoms with van der Waals surface area (Å²) in [4.78, 5) is 12.2. The second-order valence-electron chi connectivity index (χ2n) is 5.01. The van der Waals surface area contributed by atoms with Crippen molar-refractivity contribution >= 4 is 17.7 Å². The molecule has 0 fully saturated rings. The van der Waals surface area contributed by atoms with Gasteiger partial charge in [-0.15, -0.1) is 0 Å². The molecule has 0 spiro atoms. The summed E-state index contributed by atoms with van der Waals surface area (Å²) >= 11 is 0. The number of anilines is 1. The third-order valence-corrected chi connectivity index (χ3v) is 3.33. The van der Waals surface area contributed by atoms with Gasteiger partial charge in [-0.2, -0.15) is 5.26 Å². The zero-order chi connectivity index (χ0) is 16.1. The van der Waals surface area contributed by atoms with Crippen LogP contribution in [0.15, 0.2) is 48.0 Å². The molecule has 110 valence electrons. The third kappa shape index (κ3) is 3.74. The van der Waals surface area contributed by atoms with Gasteiger partial charge in [0.2, 0.25) is 0 Å². The zero-order valence-electron chi connectivity index (χ0n) is 12.4. The van der Waals surface area contributed by atoms with Crippen LogP contribution in [0.2, 0.25) is 0 Å². The number of aryl methyl sites for hydroxylation is 2. The Labute approximate surface area is 129 Å². The van der Waals surface area contributed by atoms with Crippen LogP contribution in [0.4, 0.5) is 5.69 Å². The molecule has 2 rings (SSSR count). The molecule has 0 heterocycles. The summed E-state index contributed by atoms with van der Waals surface area (Å²) in [6.45, 7) is 3.95. The van der Waals surface area contributed by atoms with Gasteiger partial charge in [-0.3, -0.25) is 4.79 Å². The normalized spacial score (nSPS) is 10.9. The number of nitrogens with zero attached hydrogens (tertiary/aromatic N) is 1. The van der Waals surface area contributed by atoms with E-state index in [0.717, 1.165) is 11.1 Å². The topological polar surface area (TPSA) is 73.1 Å². The Hall–Kier alpha value is -3.06. The first kappa shape index (κ1) is 15.3. The maximum absolute atomic E-state index is 12.2. The van der Waals surface area contributed by atoms with E-state index in [4.69, 9.17) is 5.26 Å². The molecule has 22 heavy (non-hydrogen) atoms. The Balaban J connectivity index is 2.20. The number of nitrogens with one attached hydrogen (secondary N) is 1. The van der Waals surface area contributed by atoms with Crippen LogP contribution in [0.25, 0.3) is 6.08 Å². The monoisotopic (exact) mass is 292 g/mol. The molecule has 4 nitrogen and oxygen atoms in total. The predicted molar refractivity (Wildman–Crippen MR) is 86.2 cm³/mol. The van der Waals surface area contributed by atoms with Crippen LogP contribution in [0.1, 0.15) is 16.7 Å². The van der Waals surface area contributed by atoms with Crippen molar-refractivity contribution in [1.29, 1.82) is 5.26 Å². The molecule has 0 radical (unpaired) electrons. The molecule has 0 aromatic heterocycles. The summed E-state index contributed by atoms with van der Waals surface area (Å²) in [6, 6.07) is 13.8. The Morgan fingerprint density at radius 1 is 1.14 bits per heavy atom. The number of phenolic OH excluding ortho intramolecular Hbond substituents is 1. The Morgan fingerprint density at radius 3 is 2.41 bits per heavy atom. The lowest BCUT2D eigenvalue weighted by Gasteiger charge is -2.07. The molecule has 2 aromatic carbocycles. The third-order valence-electron chi connectivity index (χ3n) is 3.33. The standard InChI is InChI=1S/C18H16N2O2/c1-12-3-6-16(9-13(12)2)20-18(22)15(11-19)10-14-4-7-17(21)8-5-14/h3-10,21H,1-2H3,(H,20,22)/b15-10+. The lowest BCUT2D eigenvalue weighted by Crippen LogP contribution is -2.13. The maximum atomic E-state index is 12.2. The summed E-state index contributed by atoms with van der Waals surface area (Å²) in [5.74, 6) is -0.325. The summed E-state index contributed by atoms with van der Waals surface area (Å²) in [5.41, 5.74) is 3.53. The Kier molecular flexibility index (Phi) is 4.60. The van der Waals surface area contributed by atoms with Crippen molar-refractivity contribution in [2.45, 2.75) is 13.8 Å². The quantitative estimate of drug-likeness (QED) is 0.671. The van der Waals surface area contributed by atoms with Crippen LogP contribution in [0.5, 0.6) is 5.75 Å². The highest BCUT2D eigenvalue weighted by Gasteiger charge is 2.10. The number of amides is 1. The number of rotatable bonds is 3. The van der Waals surface area contributed by atoms with Gasteiger partial charge in [-0.05, 0) is 60.9 Å². The molecule has 0 atom stereocenters. The fourth-order valence-electron chi connectivity index (χ4n) is 1.90. The van der Waals surface area contributed by atoms with E-state index in [1.807, 2.05) is 32.0 Å². The summed E-state index contributed by atoms with van der Waals surface area (Å²) < 4.78 is 0. The molecule has 0 bridgehead atoms. The van der Waals surface area contributed by atoms with Gasteiger partial charge in [-0.1, -0.05) is 18.2 Å². The number of carbonyl (C=O) groups is 1. The Morgan fingerprint density at radius 2 is 1.82 bits per heavy atom. The van der Waals surface area contributed by atoms with Crippen LogP contribution >= 0.6 is 0 Å². The number of nitriles is 1. The highest BCUT2D eigenvalue weighted by molar-refractivity contribution is 6.09. The van der Waals surface area contributed by atoms with E-state index < -0.39 is 5.91 Å². The number of carbonyl (C=O) groups excluding carboxylic acids is 1. The molecule has 1 amide bonds.